The second kappa shape index (κ2) is 6.96. The van der Waals surface area contributed by atoms with Gasteiger partial charge in [0.1, 0.15) is 5.75 Å². The lowest BCUT2D eigenvalue weighted by atomic mass is 9.99. The summed E-state index contributed by atoms with van der Waals surface area (Å²) in [6.45, 7) is 1.61. The first-order chi connectivity index (χ1) is 10.7. The summed E-state index contributed by atoms with van der Waals surface area (Å²) >= 11 is 0. The van der Waals surface area contributed by atoms with Gasteiger partial charge in [0.25, 0.3) is 0 Å². The lowest BCUT2D eigenvalue weighted by molar-refractivity contribution is -0.275. The Balaban J connectivity index is 2.34. The van der Waals surface area contributed by atoms with Crippen molar-refractivity contribution < 1.29 is 31.1 Å². The van der Waals surface area contributed by atoms with E-state index in [0.29, 0.717) is 26.2 Å². The molecule has 0 amide bonds. The standard InChI is InChI=1S/C14H16F6N2O/c15-13(16,17)9-11(22-7-5-21-6-8-22)10-3-1-2-4-12(10)23-14(18,19)20/h1-4,11,21H,5-9H2/t11-/m1/s1. The molecule has 0 spiro atoms. The highest BCUT2D eigenvalue weighted by Gasteiger charge is 2.39. The van der Waals surface area contributed by atoms with Crippen molar-refractivity contribution in [1.29, 1.82) is 0 Å². The molecule has 1 heterocycles. The van der Waals surface area contributed by atoms with Crippen LogP contribution in [0.5, 0.6) is 5.75 Å². The first kappa shape index (κ1) is 17.9. The Morgan fingerprint density at radius 2 is 1.65 bits per heavy atom. The molecule has 9 heteroatoms. The Kier molecular flexibility index (Phi) is 5.41. The van der Waals surface area contributed by atoms with E-state index in [4.69, 9.17) is 0 Å². The van der Waals surface area contributed by atoms with E-state index < -0.39 is 30.8 Å². The Hall–Kier alpha value is -1.48. The molecule has 0 aromatic heterocycles. The van der Waals surface area contributed by atoms with Crippen LogP contribution in [0.4, 0.5) is 26.3 Å². The molecular weight excluding hydrogens is 326 g/mol. The second-order valence-electron chi connectivity index (χ2n) is 5.21. The SMILES string of the molecule is FC(F)(F)C[C@H](c1ccccc1OC(F)(F)F)N1CCNCC1. The molecule has 3 nitrogen and oxygen atoms in total. The van der Waals surface area contributed by atoms with Crippen LogP contribution < -0.4 is 10.1 Å². The van der Waals surface area contributed by atoms with Gasteiger partial charge in [0.15, 0.2) is 0 Å². The molecular formula is C14H16F6N2O. The summed E-state index contributed by atoms with van der Waals surface area (Å²) in [5, 5.41) is 3.00. The molecule has 0 unspecified atom stereocenters. The van der Waals surface area contributed by atoms with Crippen molar-refractivity contribution in [3.05, 3.63) is 29.8 Å². The fourth-order valence-electron chi connectivity index (χ4n) is 2.62. The summed E-state index contributed by atoms with van der Waals surface area (Å²) in [6, 6.07) is 3.78. The Bertz CT molecular complexity index is 511. The number of hydrogen-bond acceptors (Lipinski definition) is 3. The zero-order chi connectivity index (χ0) is 17.1. The van der Waals surface area contributed by atoms with Crippen LogP contribution >= 0.6 is 0 Å². The van der Waals surface area contributed by atoms with Crippen LogP contribution in [0.1, 0.15) is 18.0 Å². The molecule has 1 aromatic carbocycles. The number of alkyl halides is 6. The third kappa shape index (κ3) is 5.58. The molecule has 1 aliphatic rings. The maximum atomic E-state index is 12.9. The van der Waals surface area contributed by atoms with E-state index in [-0.39, 0.29) is 5.56 Å². The molecule has 1 aromatic rings. The van der Waals surface area contributed by atoms with Gasteiger partial charge in [-0.25, -0.2) is 0 Å². The Morgan fingerprint density at radius 1 is 1.04 bits per heavy atom. The minimum Gasteiger partial charge on any atom is -0.405 e. The number of nitrogens with one attached hydrogen (secondary N) is 1. The summed E-state index contributed by atoms with van der Waals surface area (Å²) in [5.74, 6) is -0.590. The van der Waals surface area contributed by atoms with Crippen molar-refractivity contribution in [3.63, 3.8) is 0 Å². The third-order valence-corrected chi connectivity index (χ3v) is 3.52. The fraction of sp³-hybridized carbons (Fsp3) is 0.571. The Morgan fingerprint density at radius 3 is 2.22 bits per heavy atom. The van der Waals surface area contributed by atoms with Crippen LogP contribution in [0.2, 0.25) is 0 Å². The monoisotopic (exact) mass is 342 g/mol. The van der Waals surface area contributed by atoms with Crippen LogP contribution in [0.15, 0.2) is 24.3 Å². The number of halogens is 6. The highest BCUT2D eigenvalue weighted by atomic mass is 19.4. The number of hydrogen-bond donors (Lipinski definition) is 1. The van der Waals surface area contributed by atoms with Gasteiger partial charge >= 0.3 is 12.5 Å². The third-order valence-electron chi connectivity index (χ3n) is 3.52. The normalized spacial score (nSPS) is 18.7. The zero-order valence-corrected chi connectivity index (χ0v) is 12.0. The minimum absolute atomic E-state index is 0.107. The maximum Gasteiger partial charge on any atom is 0.573 e. The minimum atomic E-state index is -4.96. The average Bonchev–Trinajstić information content (AvgIpc) is 2.44. The molecule has 1 fully saturated rings. The highest BCUT2D eigenvalue weighted by Crippen LogP contribution is 2.39. The Labute approximate surface area is 129 Å². The maximum absolute atomic E-state index is 12.9. The number of para-hydroxylation sites is 1. The first-order valence-electron chi connectivity index (χ1n) is 7.02. The van der Waals surface area contributed by atoms with E-state index in [0.717, 1.165) is 6.07 Å². The molecule has 0 bridgehead atoms. The van der Waals surface area contributed by atoms with Crippen molar-refractivity contribution in [3.8, 4) is 5.75 Å². The molecule has 2 rings (SSSR count). The van der Waals surface area contributed by atoms with Gasteiger partial charge in [-0.3, -0.25) is 4.90 Å². The topological polar surface area (TPSA) is 24.5 Å². The lowest BCUT2D eigenvalue weighted by Gasteiger charge is -2.36. The van der Waals surface area contributed by atoms with Crippen LogP contribution in [0, 0.1) is 0 Å². The predicted octanol–water partition coefficient (Wildman–Crippen LogP) is 3.48. The van der Waals surface area contributed by atoms with Crippen molar-refractivity contribution in [2.24, 2.45) is 0 Å². The van der Waals surface area contributed by atoms with Gasteiger partial charge in [-0.2, -0.15) is 13.2 Å². The van der Waals surface area contributed by atoms with Crippen molar-refractivity contribution in [2.75, 3.05) is 26.2 Å². The summed E-state index contributed by atoms with van der Waals surface area (Å²) in [5.41, 5.74) is -0.107. The van der Waals surface area contributed by atoms with Gasteiger partial charge in [0, 0.05) is 37.8 Å². The van der Waals surface area contributed by atoms with E-state index in [1.54, 1.807) is 0 Å². The molecule has 0 radical (unpaired) electrons. The predicted molar refractivity (Wildman–Crippen MR) is 71.0 cm³/mol. The molecule has 130 valence electrons. The molecule has 1 saturated heterocycles. The number of rotatable bonds is 4. The van der Waals surface area contributed by atoms with E-state index in [1.807, 2.05) is 0 Å². The number of piperazine rings is 1. The summed E-state index contributed by atoms with van der Waals surface area (Å²) in [7, 11) is 0. The zero-order valence-electron chi connectivity index (χ0n) is 12.0. The molecule has 0 aliphatic carbocycles. The second-order valence-corrected chi connectivity index (χ2v) is 5.21. The van der Waals surface area contributed by atoms with Crippen molar-refractivity contribution >= 4 is 0 Å². The smallest absolute Gasteiger partial charge is 0.405 e. The summed E-state index contributed by atoms with van der Waals surface area (Å²) < 4.78 is 80.1. The molecule has 1 aliphatic heterocycles. The number of benzene rings is 1. The van der Waals surface area contributed by atoms with E-state index in [2.05, 4.69) is 10.1 Å². The van der Waals surface area contributed by atoms with Crippen LogP contribution in [-0.4, -0.2) is 43.6 Å². The largest absolute Gasteiger partial charge is 0.573 e. The average molecular weight is 342 g/mol. The number of ether oxygens (including phenoxy) is 1. The van der Waals surface area contributed by atoms with Gasteiger partial charge in [0.05, 0.1) is 6.42 Å². The molecule has 23 heavy (non-hydrogen) atoms. The molecule has 0 saturated carbocycles. The van der Waals surface area contributed by atoms with E-state index in [1.165, 1.54) is 23.1 Å². The van der Waals surface area contributed by atoms with Crippen LogP contribution in [0.3, 0.4) is 0 Å². The van der Waals surface area contributed by atoms with Crippen LogP contribution in [-0.2, 0) is 0 Å². The first-order valence-corrected chi connectivity index (χ1v) is 7.02. The molecule has 1 N–H and O–H groups in total. The fourth-order valence-corrected chi connectivity index (χ4v) is 2.62. The van der Waals surface area contributed by atoms with Crippen molar-refractivity contribution in [2.45, 2.75) is 25.0 Å². The quantitative estimate of drug-likeness (QED) is 0.848. The lowest BCUT2D eigenvalue weighted by Crippen LogP contribution is -2.46. The van der Waals surface area contributed by atoms with Gasteiger partial charge < -0.3 is 10.1 Å². The van der Waals surface area contributed by atoms with E-state index in [9.17, 15) is 26.3 Å². The highest BCUT2D eigenvalue weighted by molar-refractivity contribution is 5.36. The van der Waals surface area contributed by atoms with Gasteiger partial charge in [-0.1, -0.05) is 18.2 Å². The summed E-state index contributed by atoms with van der Waals surface area (Å²) in [4.78, 5) is 1.53. The van der Waals surface area contributed by atoms with Gasteiger partial charge in [-0.15, -0.1) is 13.2 Å². The van der Waals surface area contributed by atoms with Crippen LogP contribution in [0.25, 0.3) is 0 Å². The molecule has 1 atom stereocenters. The van der Waals surface area contributed by atoms with Gasteiger partial charge in [0.2, 0.25) is 0 Å². The van der Waals surface area contributed by atoms with Crippen molar-refractivity contribution in [1.82, 2.24) is 10.2 Å². The summed E-state index contributed by atoms with van der Waals surface area (Å²) in [6.07, 6.45) is -10.7. The number of nitrogens with zero attached hydrogens (tertiary/aromatic N) is 1. The van der Waals surface area contributed by atoms with E-state index >= 15 is 0 Å². The van der Waals surface area contributed by atoms with Gasteiger partial charge in [-0.05, 0) is 6.07 Å².